The van der Waals surface area contributed by atoms with E-state index in [0.29, 0.717) is 0 Å². The Morgan fingerprint density at radius 3 is 1.44 bits per heavy atom. The Bertz CT molecular complexity index is 1580. The third-order valence-corrected chi connectivity index (χ3v) is 11.9. The molecule has 7 heteroatoms. The maximum Gasteiger partial charge on any atom is 0.342 e. The van der Waals surface area contributed by atoms with Crippen LogP contribution in [-0.4, -0.2) is 46.4 Å². The first-order chi connectivity index (χ1) is 20.8. The van der Waals surface area contributed by atoms with E-state index in [9.17, 15) is 14.4 Å². The number of carbonyl (C=O) groups is 4. The summed E-state index contributed by atoms with van der Waals surface area (Å²) in [6.45, 7) is 2.39. The number of Topliss-reactive ketones (excluding diaryl/α,β-unsaturated/α-hetero) is 1. The first-order valence-corrected chi connectivity index (χ1v) is 16.2. The van der Waals surface area contributed by atoms with Gasteiger partial charge in [-0.25, -0.2) is 4.79 Å². The van der Waals surface area contributed by atoms with Gasteiger partial charge < -0.3 is 4.74 Å². The Morgan fingerprint density at radius 1 is 0.674 bits per heavy atom. The second kappa shape index (κ2) is 12.8. The van der Waals surface area contributed by atoms with E-state index < -0.39 is 36.5 Å². The lowest BCUT2D eigenvalue weighted by atomic mass is 9.97. The molecular weight excluding hydrogens is 557 g/mol. The van der Waals surface area contributed by atoms with Gasteiger partial charge in [0, 0.05) is 0 Å². The molecule has 0 N–H and O–H groups in total. The number of rotatable bonds is 10. The summed E-state index contributed by atoms with van der Waals surface area (Å²) in [6.07, 6.45) is 0.186. The number of amides is 2. The van der Waals surface area contributed by atoms with E-state index in [0.717, 1.165) is 20.8 Å². The van der Waals surface area contributed by atoms with Crippen LogP contribution < -0.4 is 15.9 Å². The summed E-state index contributed by atoms with van der Waals surface area (Å²) in [5.74, 6) is -2.47. The highest BCUT2D eigenvalue weighted by Gasteiger charge is 2.47. The average Bonchev–Trinajstić information content (AvgIpc) is 3.28. The van der Waals surface area contributed by atoms with Crippen LogP contribution in [0.4, 0.5) is 0 Å². The van der Waals surface area contributed by atoms with Crippen molar-refractivity contribution in [3.05, 3.63) is 126 Å². The molecule has 218 valence electrons. The van der Waals surface area contributed by atoms with Crippen molar-refractivity contribution in [2.45, 2.75) is 33.2 Å². The Hall–Kier alpha value is -4.54. The van der Waals surface area contributed by atoms with Crippen LogP contribution in [0.2, 0.25) is 0 Å². The number of benzene rings is 4. The molecule has 0 aromatic heterocycles. The van der Waals surface area contributed by atoms with Gasteiger partial charge >= 0.3 is 5.97 Å². The lowest BCUT2D eigenvalue weighted by molar-refractivity contribution is -0.135. The van der Waals surface area contributed by atoms with Gasteiger partial charge in [0.2, 0.25) is 0 Å². The fourth-order valence-corrected chi connectivity index (χ4v) is 10.2. The maximum absolute atomic E-state index is 15.2. The molecule has 1 aliphatic heterocycles. The molecule has 0 aliphatic carbocycles. The van der Waals surface area contributed by atoms with Crippen LogP contribution in [0.1, 0.15) is 47.9 Å². The zero-order valence-electron chi connectivity index (χ0n) is 24.5. The van der Waals surface area contributed by atoms with Crippen molar-refractivity contribution in [2.75, 3.05) is 6.61 Å². The Morgan fingerprint density at radius 2 is 1.07 bits per heavy atom. The van der Waals surface area contributed by atoms with Gasteiger partial charge in [0.15, 0.2) is 5.78 Å². The smallest absolute Gasteiger partial charge is 0.342 e. The minimum atomic E-state index is -3.21. The molecule has 0 unspecified atom stereocenters. The van der Waals surface area contributed by atoms with Gasteiger partial charge in [-0.15, -0.1) is 0 Å². The number of fused-ring (bicyclic) bond motifs is 1. The summed E-state index contributed by atoms with van der Waals surface area (Å²) in [5.41, 5.74) is 0.504. The Labute approximate surface area is 252 Å². The first kappa shape index (κ1) is 29.9. The van der Waals surface area contributed by atoms with Crippen LogP contribution in [0.3, 0.4) is 0 Å². The van der Waals surface area contributed by atoms with Crippen molar-refractivity contribution in [3.63, 3.8) is 0 Å². The summed E-state index contributed by atoms with van der Waals surface area (Å²) in [7, 11) is 0. The number of esters is 1. The van der Waals surface area contributed by atoms with Crippen molar-refractivity contribution in [1.29, 1.82) is 0 Å². The second-order valence-electron chi connectivity index (χ2n) is 10.8. The summed E-state index contributed by atoms with van der Waals surface area (Å²) in [5, 5.41) is 2.32. The SMILES string of the molecule is CCOC(=O)C(C(=O)[C@H](CC(C)C)N1C(=O)c2ccccc2C1=O)=P(c1ccccc1)(c1ccccc1)c1ccccc1. The predicted molar refractivity (Wildman–Crippen MR) is 172 cm³/mol. The standard InChI is InChI=1S/C36H34NO5P/c1-4-42-36(41)33(32(38)31(24-25(2)3)37-34(39)29-22-14-15-23-30(29)35(37)40)43(26-16-8-5-9-17-26,27-18-10-6-11-19-27)28-20-12-7-13-21-28/h5-23,25,31H,4,24H2,1-3H3/t31-/m0/s1. The van der Waals surface area contributed by atoms with Crippen LogP contribution in [0.5, 0.6) is 0 Å². The zero-order chi connectivity index (χ0) is 30.6. The Kier molecular flexibility index (Phi) is 8.89. The highest BCUT2D eigenvalue weighted by atomic mass is 31.2. The van der Waals surface area contributed by atoms with Crippen LogP contribution in [0.15, 0.2) is 115 Å². The third-order valence-electron chi connectivity index (χ3n) is 7.60. The maximum atomic E-state index is 15.2. The number of hydrogen-bond donors (Lipinski definition) is 0. The van der Waals surface area contributed by atoms with Crippen LogP contribution in [-0.2, 0) is 14.3 Å². The van der Waals surface area contributed by atoms with Crippen LogP contribution >= 0.6 is 6.89 Å². The van der Waals surface area contributed by atoms with E-state index in [4.69, 9.17) is 4.74 Å². The quantitative estimate of drug-likeness (QED) is 0.112. The minimum Gasteiger partial charge on any atom is -0.462 e. The van der Waals surface area contributed by atoms with E-state index in [1.54, 1.807) is 31.2 Å². The molecule has 1 atom stereocenters. The van der Waals surface area contributed by atoms with Gasteiger partial charge in [0.1, 0.15) is 11.3 Å². The summed E-state index contributed by atoms with van der Waals surface area (Å²) in [6, 6.07) is 33.9. The van der Waals surface area contributed by atoms with Gasteiger partial charge in [-0.05, 0) is 54.2 Å². The highest BCUT2D eigenvalue weighted by Crippen LogP contribution is 2.47. The molecule has 43 heavy (non-hydrogen) atoms. The van der Waals surface area contributed by atoms with Crippen LogP contribution in [0, 0.1) is 5.92 Å². The summed E-state index contributed by atoms with van der Waals surface area (Å²) < 4.78 is 5.67. The molecule has 0 saturated heterocycles. The lowest BCUT2D eigenvalue weighted by Gasteiger charge is -2.34. The molecule has 1 aliphatic rings. The topological polar surface area (TPSA) is 80.8 Å². The molecule has 0 fully saturated rings. The fourth-order valence-electron chi connectivity index (χ4n) is 5.82. The van der Waals surface area contributed by atoms with Crippen molar-refractivity contribution < 1.29 is 23.9 Å². The van der Waals surface area contributed by atoms with E-state index in [1.807, 2.05) is 105 Å². The van der Waals surface area contributed by atoms with E-state index in [1.165, 1.54) is 0 Å². The van der Waals surface area contributed by atoms with E-state index in [2.05, 4.69) is 0 Å². The van der Waals surface area contributed by atoms with Gasteiger partial charge in [0.05, 0.1) is 17.7 Å². The number of hydrogen-bond acceptors (Lipinski definition) is 5. The number of imide groups is 1. The molecule has 4 aromatic carbocycles. The summed E-state index contributed by atoms with van der Waals surface area (Å²) in [4.78, 5) is 58.1. The van der Waals surface area contributed by atoms with Crippen molar-refractivity contribution in [2.24, 2.45) is 5.92 Å². The van der Waals surface area contributed by atoms with Crippen LogP contribution in [0.25, 0.3) is 0 Å². The summed E-state index contributed by atoms with van der Waals surface area (Å²) >= 11 is 0. The zero-order valence-corrected chi connectivity index (χ0v) is 25.4. The van der Waals surface area contributed by atoms with E-state index >= 15 is 4.79 Å². The molecule has 0 spiro atoms. The molecular formula is C36H34NO5P. The lowest BCUT2D eigenvalue weighted by Crippen LogP contribution is -2.51. The molecule has 6 nitrogen and oxygen atoms in total. The predicted octanol–water partition coefficient (Wildman–Crippen LogP) is 5.00. The normalized spacial score (nSPS) is 13.5. The van der Waals surface area contributed by atoms with Crippen molar-refractivity contribution in [1.82, 2.24) is 4.90 Å². The van der Waals surface area contributed by atoms with E-state index in [-0.39, 0.29) is 35.4 Å². The third kappa shape index (κ3) is 5.39. The van der Waals surface area contributed by atoms with Gasteiger partial charge in [0.25, 0.3) is 11.8 Å². The molecule has 5 rings (SSSR count). The average molecular weight is 592 g/mol. The Balaban J connectivity index is 1.91. The van der Waals surface area contributed by atoms with Gasteiger partial charge in [-0.3, -0.25) is 19.3 Å². The minimum absolute atomic E-state index is 0.0415. The van der Waals surface area contributed by atoms with Gasteiger partial charge in [-0.2, -0.15) is 0 Å². The number of carbonyl (C=O) groups excluding carboxylic acids is 4. The second-order valence-corrected chi connectivity index (χ2v) is 14.1. The molecule has 2 amide bonds. The number of nitrogens with zero attached hydrogens (tertiary/aromatic N) is 1. The molecule has 0 radical (unpaired) electrons. The monoisotopic (exact) mass is 591 g/mol. The largest absolute Gasteiger partial charge is 0.462 e. The molecule has 4 aromatic rings. The first-order valence-electron chi connectivity index (χ1n) is 14.4. The molecule has 0 saturated carbocycles. The van der Waals surface area contributed by atoms with Crippen molar-refractivity contribution in [3.8, 4) is 0 Å². The number of ether oxygens (including phenoxy) is 1. The van der Waals surface area contributed by atoms with Crippen molar-refractivity contribution >= 4 is 51.7 Å². The highest BCUT2D eigenvalue weighted by molar-refractivity contribution is 7.97. The molecule has 1 heterocycles. The fraction of sp³-hybridized carbons (Fsp3) is 0.194. The molecule has 0 bridgehead atoms. The van der Waals surface area contributed by atoms with Gasteiger partial charge in [-0.1, -0.05) is 117 Å². The number of ketones is 1.